The van der Waals surface area contributed by atoms with E-state index in [1.54, 1.807) is 0 Å². The first-order valence-electron chi connectivity index (χ1n) is 8.61. The summed E-state index contributed by atoms with van der Waals surface area (Å²) in [5.74, 6) is -1.27. The van der Waals surface area contributed by atoms with Crippen LogP contribution < -0.4 is 5.32 Å². The Bertz CT molecular complexity index is 642. The van der Waals surface area contributed by atoms with Crippen molar-refractivity contribution in [3.63, 3.8) is 0 Å². The van der Waals surface area contributed by atoms with Gasteiger partial charge in [0.1, 0.15) is 5.54 Å². The van der Waals surface area contributed by atoms with Gasteiger partial charge < -0.3 is 15.2 Å². The first-order chi connectivity index (χ1) is 11.3. The van der Waals surface area contributed by atoms with Crippen molar-refractivity contribution in [1.82, 2.24) is 5.32 Å². The second-order valence-corrected chi connectivity index (χ2v) is 8.44. The van der Waals surface area contributed by atoms with E-state index in [1.807, 2.05) is 26.8 Å². The molecule has 1 heterocycles. The second-order valence-electron chi connectivity index (χ2n) is 7.30. The van der Waals surface area contributed by atoms with Gasteiger partial charge in [0.2, 0.25) is 0 Å². The van der Waals surface area contributed by atoms with E-state index >= 15 is 0 Å². The molecule has 5 nitrogen and oxygen atoms in total. The lowest BCUT2D eigenvalue weighted by molar-refractivity contribution is -0.190. The molecule has 1 amide bonds. The Labute approximate surface area is 146 Å². The van der Waals surface area contributed by atoms with E-state index < -0.39 is 16.9 Å². The lowest BCUT2D eigenvalue weighted by Crippen LogP contribution is -2.76. The van der Waals surface area contributed by atoms with Gasteiger partial charge in [-0.2, -0.15) is 0 Å². The van der Waals surface area contributed by atoms with Crippen LogP contribution in [0.3, 0.4) is 0 Å². The molecule has 3 rings (SSSR count). The molecule has 1 aromatic rings. The molecule has 24 heavy (non-hydrogen) atoms. The summed E-state index contributed by atoms with van der Waals surface area (Å²) in [5, 5.41) is 12.6. The third kappa shape index (κ3) is 2.56. The maximum absolute atomic E-state index is 12.7. The highest BCUT2D eigenvalue weighted by atomic mass is 32.1. The molecule has 1 aromatic heterocycles. The Morgan fingerprint density at radius 1 is 1.38 bits per heavy atom. The van der Waals surface area contributed by atoms with Gasteiger partial charge in [0.15, 0.2) is 0 Å². The van der Waals surface area contributed by atoms with Gasteiger partial charge in [-0.1, -0.05) is 13.8 Å². The van der Waals surface area contributed by atoms with Crippen LogP contribution in [-0.2, 0) is 22.4 Å². The minimum Gasteiger partial charge on any atom is -0.479 e. The standard InChI is InChI=1S/C18H25NO4S/c1-4-23-14-10-18(16(21)22,17(14,2)3)19-15(20)13-9-11-7-5-6-8-12(11)24-13/h9,14H,4-8,10H2,1-3H3,(H,19,20)(H,21,22). The third-order valence-electron chi connectivity index (χ3n) is 5.68. The average molecular weight is 351 g/mol. The monoisotopic (exact) mass is 351 g/mol. The Hall–Kier alpha value is -1.40. The van der Waals surface area contributed by atoms with Crippen LogP contribution in [0.15, 0.2) is 6.07 Å². The molecule has 2 atom stereocenters. The van der Waals surface area contributed by atoms with Gasteiger partial charge in [0, 0.05) is 23.3 Å². The SMILES string of the molecule is CCOC1CC(NC(=O)c2cc3c(s2)CCCC3)(C(=O)O)C1(C)C. The molecule has 1 saturated carbocycles. The summed E-state index contributed by atoms with van der Waals surface area (Å²) in [5.41, 5.74) is -0.670. The van der Waals surface area contributed by atoms with Gasteiger partial charge in [-0.25, -0.2) is 4.79 Å². The number of carboxylic acids is 1. The van der Waals surface area contributed by atoms with Gasteiger partial charge in [-0.05, 0) is 44.2 Å². The quantitative estimate of drug-likeness (QED) is 0.855. The van der Waals surface area contributed by atoms with Crippen molar-refractivity contribution in [2.45, 2.75) is 64.5 Å². The third-order valence-corrected chi connectivity index (χ3v) is 6.91. The van der Waals surface area contributed by atoms with E-state index in [1.165, 1.54) is 21.8 Å². The Morgan fingerprint density at radius 2 is 2.08 bits per heavy atom. The number of carbonyl (C=O) groups excluding carboxylic acids is 1. The van der Waals surface area contributed by atoms with Crippen molar-refractivity contribution in [3.8, 4) is 0 Å². The molecule has 2 aliphatic rings. The van der Waals surface area contributed by atoms with Crippen LogP contribution in [0.4, 0.5) is 0 Å². The Kier molecular flexibility index (Phi) is 4.47. The van der Waals surface area contributed by atoms with Crippen LogP contribution in [0.5, 0.6) is 0 Å². The molecule has 0 aliphatic heterocycles. The minimum absolute atomic E-state index is 0.157. The molecular formula is C18H25NO4S. The maximum atomic E-state index is 12.7. The molecule has 2 unspecified atom stereocenters. The number of nitrogens with one attached hydrogen (secondary N) is 1. The summed E-state index contributed by atoms with van der Waals surface area (Å²) < 4.78 is 5.64. The topological polar surface area (TPSA) is 75.6 Å². The number of carboxylic acid groups (broad SMARTS) is 1. The number of aryl methyl sites for hydroxylation is 2. The van der Waals surface area contributed by atoms with E-state index in [0.29, 0.717) is 17.9 Å². The Morgan fingerprint density at radius 3 is 2.67 bits per heavy atom. The average Bonchev–Trinajstić information content (AvgIpc) is 2.97. The van der Waals surface area contributed by atoms with Crippen molar-refractivity contribution < 1.29 is 19.4 Å². The van der Waals surface area contributed by atoms with E-state index in [-0.39, 0.29) is 12.0 Å². The zero-order chi connectivity index (χ0) is 17.5. The zero-order valence-electron chi connectivity index (χ0n) is 14.5. The molecule has 2 N–H and O–H groups in total. The van der Waals surface area contributed by atoms with Crippen LogP contribution in [0.2, 0.25) is 0 Å². The number of ether oxygens (including phenoxy) is 1. The number of thiophene rings is 1. The summed E-state index contributed by atoms with van der Waals surface area (Å²) in [6, 6.07) is 1.94. The molecule has 1 fully saturated rings. The highest BCUT2D eigenvalue weighted by molar-refractivity contribution is 7.14. The molecule has 0 radical (unpaired) electrons. The van der Waals surface area contributed by atoms with Crippen molar-refractivity contribution in [2.75, 3.05) is 6.61 Å². The molecule has 0 spiro atoms. The van der Waals surface area contributed by atoms with Crippen molar-refractivity contribution >= 4 is 23.2 Å². The number of aliphatic carboxylic acids is 1. The number of fused-ring (bicyclic) bond motifs is 1. The summed E-state index contributed by atoms with van der Waals surface area (Å²) in [6.45, 7) is 6.14. The van der Waals surface area contributed by atoms with Crippen molar-refractivity contribution in [1.29, 1.82) is 0 Å². The number of rotatable bonds is 5. The summed E-state index contributed by atoms with van der Waals surface area (Å²) in [6.07, 6.45) is 4.51. The van der Waals surface area contributed by atoms with Crippen LogP contribution >= 0.6 is 11.3 Å². The van der Waals surface area contributed by atoms with Crippen LogP contribution in [0.25, 0.3) is 0 Å². The molecule has 0 bridgehead atoms. The van der Waals surface area contributed by atoms with Crippen LogP contribution in [-0.4, -0.2) is 35.2 Å². The van der Waals surface area contributed by atoms with Crippen molar-refractivity contribution in [2.24, 2.45) is 5.41 Å². The predicted molar refractivity (Wildman–Crippen MR) is 92.6 cm³/mol. The van der Waals surface area contributed by atoms with Gasteiger partial charge in [0.05, 0.1) is 11.0 Å². The maximum Gasteiger partial charge on any atom is 0.330 e. The van der Waals surface area contributed by atoms with Crippen LogP contribution in [0.1, 0.15) is 60.1 Å². The van der Waals surface area contributed by atoms with E-state index in [0.717, 1.165) is 25.7 Å². The number of hydrogen-bond donors (Lipinski definition) is 2. The number of hydrogen-bond acceptors (Lipinski definition) is 4. The lowest BCUT2D eigenvalue weighted by atomic mass is 9.54. The van der Waals surface area contributed by atoms with Gasteiger partial charge in [-0.3, -0.25) is 4.79 Å². The number of carbonyl (C=O) groups is 2. The zero-order valence-corrected chi connectivity index (χ0v) is 15.3. The van der Waals surface area contributed by atoms with Crippen molar-refractivity contribution in [3.05, 3.63) is 21.4 Å². The fraction of sp³-hybridized carbons (Fsp3) is 0.667. The van der Waals surface area contributed by atoms with Crippen LogP contribution in [0, 0.1) is 5.41 Å². The van der Waals surface area contributed by atoms with E-state index in [4.69, 9.17) is 4.74 Å². The second kappa shape index (κ2) is 6.15. The summed E-state index contributed by atoms with van der Waals surface area (Å²) in [4.78, 5) is 26.6. The summed E-state index contributed by atoms with van der Waals surface area (Å²) in [7, 11) is 0. The largest absolute Gasteiger partial charge is 0.479 e. The highest BCUT2D eigenvalue weighted by Gasteiger charge is 2.66. The molecule has 132 valence electrons. The fourth-order valence-corrected chi connectivity index (χ4v) is 5.04. The number of amides is 1. The lowest BCUT2D eigenvalue weighted by Gasteiger charge is -2.58. The molecular weight excluding hydrogens is 326 g/mol. The van der Waals surface area contributed by atoms with E-state index in [9.17, 15) is 14.7 Å². The molecule has 0 aromatic carbocycles. The van der Waals surface area contributed by atoms with E-state index in [2.05, 4.69) is 5.32 Å². The predicted octanol–water partition coefficient (Wildman–Crippen LogP) is 3.02. The van der Waals surface area contributed by atoms with Gasteiger partial charge >= 0.3 is 5.97 Å². The van der Waals surface area contributed by atoms with Gasteiger partial charge in [-0.15, -0.1) is 11.3 Å². The van der Waals surface area contributed by atoms with Gasteiger partial charge in [0.25, 0.3) is 5.91 Å². The minimum atomic E-state index is -1.27. The first-order valence-corrected chi connectivity index (χ1v) is 9.42. The Balaban J connectivity index is 1.81. The normalized spacial score (nSPS) is 27.9. The first kappa shape index (κ1) is 17.4. The molecule has 6 heteroatoms. The molecule has 2 aliphatic carbocycles. The summed E-state index contributed by atoms with van der Waals surface area (Å²) >= 11 is 1.51. The highest BCUT2D eigenvalue weighted by Crippen LogP contribution is 2.51. The molecule has 0 saturated heterocycles. The smallest absolute Gasteiger partial charge is 0.330 e. The fourth-order valence-electron chi connectivity index (χ4n) is 3.89.